The molecule has 0 bridgehead atoms. The van der Waals surface area contributed by atoms with Crippen molar-refractivity contribution in [2.24, 2.45) is 11.7 Å². The van der Waals surface area contributed by atoms with Crippen LogP contribution in [0.3, 0.4) is 0 Å². The molecule has 1 amide bonds. The Morgan fingerprint density at radius 1 is 1.59 bits per heavy atom. The van der Waals surface area contributed by atoms with Crippen LogP contribution in [-0.4, -0.2) is 28.8 Å². The lowest BCUT2D eigenvalue weighted by molar-refractivity contribution is -0.124. The Bertz CT molecular complexity index is 348. The molecule has 1 aromatic rings. The lowest BCUT2D eigenvalue weighted by atomic mass is 10.0. The second-order valence-corrected chi connectivity index (χ2v) is 4.07. The van der Waals surface area contributed by atoms with E-state index in [-0.39, 0.29) is 11.8 Å². The molecule has 96 valence electrons. The third kappa shape index (κ3) is 3.85. The fraction of sp³-hybridized carbons (Fsp3) is 0.667. The van der Waals surface area contributed by atoms with E-state index in [0.717, 1.165) is 18.7 Å². The van der Waals surface area contributed by atoms with Crippen LogP contribution in [0, 0.1) is 5.92 Å². The van der Waals surface area contributed by atoms with E-state index < -0.39 is 0 Å². The Morgan fingerprint density at radius 3 is 2.94 bits per heavy atom. The number of nitrogens with one attached hydrogen (secondary N) is 1. The van der Waals surface area contributed by atoms with Gasteiger partial charge in [-0.3, -0.25) is 9.48 Å². The first-order chi connectivity index (χ1) is 8.22. The Balaban J connectivity index is 2.60. The zero-order valence-corrected chi connectivity index (χ0v) is 10.6. The first-order valence-electron chi connectivity index (χ1n) is 6.21. The molecule has 17 heavy (non-hydrogen) atoms. The van der Waals surface area contributed by atoms with E-state index in [2.05, 4.69) is 10.4 Å². The van der Waals surface area contributed by atoms with Crippen molar-refractivity contribution in [3.05, 3.63) is 18.0 Å². The summed E-state index contributed by atoms with van der Waals surface area (Å²) in [7, 11) is 0. The highest BCUT2D eigenvalue weighted by Gasteiger charge is 2.18. The van der Waals surface area contributed by atoms with Gasteiger partial charge in [-0.25, -0.2) is 0 Å². The van der Waals surface area contributed by atoms with E-state index in [9.17, 15) is 4.79 Å². The summed E-state index contributed by atoms with van der Waals surface area (Å²) >= 11 is 0. The molecule has 5 nitrogen and oxygen atoms in total. The van der Waals surface area contributed by atoms with Crippen molar-refractivity contribution in [2.75, 3.05) is 13.1 Å². The number of aromatic nitrogens is 2. The minimum absolute atomic E-state index is 0.0400. The molecule has 3 N–H and O–H groups in total. The summed E-state index contributed by atoms with van der Waals surface area (Å²) in [4.78, 5) is 11.8. The number of carbonyl (C=O) groups is 1. The first-order valence-corrected chi connectivity index (χ1v) is 6.21. The molecular formula is C12H22N4O. The van der Waals surface area contributed by atoms with E-state index in [1.807, 2.05) is 24.6 Å². The lowest BCUT2D eigenvalue weighted by Gasteiger charge is -2.15. The van der Waals surface area contributed by atoms with Crippen molar-refractivity contribution in [1.82, 2.24) is 15.1 Å². The maximum Gasteiger partial charge on any atom is 0.224 e. The molecule has 1 heterocycles. The fourth-order valence-corrected chi connectivity index (χ4v) is 1.75. The summed E-state index contributed by atoms with van der Waals surface area (Å²) in [5.41, 5.74) is 6.73. The summed E-state index contributed by atoms with van der Waals surface area (Å²) in [6.45, 7) is 5.96. The third-order valence-electron chi connectivity index (χ3n) is 2.76. The minimum atomic E-state index is -0.163. The molecule has 0 spiro atoms. The van der Waals surface area contributed by atoms with Crippen LogP contribution in [0.5, 0.6) is 0 Å². The van der Waals surface area contributed by atoms with E-state index in [0.29, 0.717) is 19.5 Å². The summed E-state index contributed by atoms with van der Waals surface area (Å²) in [5.74, 6) is -0.123. The third-order valence-corrected chi connectivity index (χ3v) is 2.76. The SMILES string of the molecule is CCCNC(=O)C(CN)Cc1ccnn1CC. The fourth-order valence-electron chi connectivity index (χ4n) is 1.75. The van der Waals surface area contributed by atoms with Gasteiger partial charge in [0.05, 0.1) is 5.92 Å². The lowest BCUT2D eigenvalue weighted by Crippen LogP contribution is -2.37. The number of amides is 1. The van der Waals surface area contributed by atoms with Gasteiger partial charge in [0.25, 0.3) is 0 Å². The average molecular weight is 238 g/mol. The number of aryl methyl sites for hydroxylation is 1. The van der Waals surface area contributed by atoms with Crippen LogP contribution in [0.2, 0.25) is 0 Å². The van der Waals surface area contributed by atoms with Crippen LogP contribution in [0.4, 0.5) is 0 Å². The molecule has 0 aromatic carbocycles. The highest BCUT2D eigenvalue weighted by molar-refractivity contribution is 5.79. The maximum atomic E-state index is 11.8. The Hall–Kier alpha value is -1.36. The second kappa shape index (κ2) is 7.06. The molecule has 1 unspecified atom stereocenters. The standard InChI is InChI=1S/C12H22N4O/c1-3-6-14-12(17)10(9-13)8-11-5-7-15-16(11)4-2/h5,7,10H,3-4,6,8-9,13H2,1-2H3,(H,14,17). The Morgan fingerprint density at radius 2 is 2.35 bits per heavy atom. The summed E-state index contributed by atoms with van der Waals surface area (Å²) in [5, 5.41) is 7.07. The molecule has 0 aliphatic rings. The summed E-state index contributed by atoms with van der Waals surface area (Å²) < 4.78 is 1.90. The van der Waals surface area contributed by atoms with Gasteiger partial charge >= 0.3 is 0 Å². The van der Waals surface area contributed by atoms with E-state index in [1.54, 1.807) is 6.20 Å². The predicted molar refractivity (Wildman–Crippen MR) is 67.5 cm³/mol. The number of rotatable bonds is 7. The van der Waals surface area contributed by atoms with E-state index in [4.69, 9.17) is 5.73 Å². The van der Waals surface area contributed by atoms with Crippen LogP contribution < -0.4 is 11.1 Å². The Labute approximate surface area is 102 Å². The van der Waals surface area contributed by atoms with Crippen LogP contribution in [-0.2, 0) is 17.8 Å². The monoisotopic (exact) mass is 238 g/mol. The zero-order chi connectivity index (χ0) is 12.7. The predicted octanol–water partition coefficient (Wildman–Crippen LogP) is 0.547. The molecule has 1 aromatic heterocycles. The number of nitrogens with two attached hydrogens (primary N) is 1. The van der Waals surface area contributed by atoms with Gasteiger partial charge in [-0.05, 0) is 19.4 Å². The summed E-state index contributed by atoms with van der Waals surface area (Å²) in [6, 6.07) is 1.94. The number of hydrogen-bond donors (Lipinski definition) is 2. The summed E-state index contributed by atoms with van der Waals surface area (Å²) in [6.07, 6.45) is 3.35. The van der Waals surface area contributed by atoms with Crippen LogP contribution >= 0.6 is 0 Å². The molecule has 0 fully saturated rings. The normalized spacial score (nSPS) is 12.4. The van der Waals surface area contributed by atoms with Gasteiger partial charge in [-0.15, -0.1) is 0 Å². The van der Waals surface area contributed by atoms with Crippen LogP contribution in [0.25, 0.3) is 0 Å². The van der Waals surface area contributed by atoms with E-state index in [1.165, 1.54) is 0 Å². The minimum Gasteiger partial charge on any atom is -0.356 e. The van der Waals surface area contributed by atoms with Crippen molar-refractivity contribution < 1.29 is 4.79 Å². The highest BCUT2D eigenvalue weighted by atomic mass is 16.1. The maximum absolute atomic E-state index is 11.8. The van der Waals surface area contributed by atoms with Crippen molar-refractivity contribution in [3.8, 4) is 0 Å². The van der Waals surface area contributed by atoms with Gasteiger partial charge in [-0.1, -0.05) is 6.92 Å². The zero-order valence-electron chi connectivity index (χ0n) is 10.6. The van der Waals surface area contributed by atoms with Gasteiger partial charge in [-0.2, -0.15) is 5.10 Å². The first kappa shape index (κ1) is 13.7. The van der Waals surface area contributed by atoms with Crippen LogP contribution in [0.1, 0.15) is 26.0 Å². The van der Waals surface area contributed by atoms with Crippen molar-refractivity contribution in [1.29, 1.82) is 0 Å². The molecule has 0 radical (unpaired) electrons. The molecule has 0 saturated carbocycles. The molecule has 0 saturated heterocycles. The average Bonchev–Trinajstić information content (AvgIpc) is 2.80. The van der Waals surface area contributed by atoms with Crippen molar-refractivity contribution in [2.45, 2.75) is 33.2 Å². The molecule has 5 heteroatoms. The van der Waals surface area contributed by atoms with Gasteiger partial charge in [0.2, 0.25) is 5.91 Å². The number of hydrogen-bond acceptors (Lipinski definition) is 3. The Kier molecular flexibility index (Phi) is 5.69. The van der Waals surface area contributed by atoms with Crippen molar-refractivity contribution in [3.63, 3.8) is 0 Å². The molecule has 1 atom stereocenters. The molecule has 1 rings (SSSR count). The second-order valence-electron chi connectivity index (χ2n) is 4.07. The topological polar surface area (TPSA) is 72.9 Å². The molecule has 0 aliphatic heterocycles. The van der Waals surface area contributed by atoms with E-state index >= 15 is 0 Å². The van der Waals surface area contributed by atoms with Gasteiger partial charge in [0, 0.05) is 37.9 Å². The van der Waals surface area contributed by atoms with Gasteiger partial charge < -0.3 is 11.1 Å². The van der Waals surface area contributed by atoms with Gasteiger partial charge in [0.1, 0.15) is 0 Å². The quantitative estimate of drug-likeness (QED) is 0.728. The number of carbonyl (C=O) groups excluding carboxylic acids is 1. The molecular weight excluding hydrogens is 216 g/mol. The molecule has 0 aliphatic carbocycles. The number of nitrogens with zero attached hydrogens (tertiary/aromatic N) is 2. The smallest absolute Gasteiger partial charge is 0.224 e. The van der Waals surface area contributed by atoms with Crippen molar-refractivity contribution >= 4 is 5.91 Å². The highest BCUT2D eigenvalue weighted by Crippen LogP contribution is 2.08. The van der Waals surface area contributed by atoms with Gasteiger partial charge in [0.15, 0.2) is 0 Å². The van der Waals surface area contributed by atoms with Crippen LogP contribution in [0.15, 0.2) is 12.3 Å². The largest absolute Gasteiger partial charge is 0.356 e.